The van der Waals surface area contributed by atoms with Gasteiger partial charge in [0.05, 0.1) is 12.9 Å². The molecule has 4 atom stereocenters. The van der Waals surface area contributed by atoms with Crippen LogP contribution in [0.2, 0.25) is 0 Å². The van der Waals surface area contributed by atoms with Crippen LogP contribution in [0.15, 0.2) is 36.7 Å². The van der Waals surface area contributed by atoms with Crippen molar-refractivity contribution in [2.75, 3.05) is 18.9 Å². The molecule has 3 N–H and O–H groups in total. The van der Waals surface area contributed by atoms with Gasteiger partial charge in [0.1, 0.15) is 23.7 Å². The van der Waals surface area contributed by atoms with Crippen molar-refractivity contribution in [3.8, 4) is 5.75 Å². The smallest absolute Gasteiger partial charge is 0.413 e. The first kappa shape index (κ1) is 22.6. The van der Waals surface area contributed by atoms with Gasteiger partial charge in [-0.1, -0.05) is 25.1 Å². The summed E-state index contributed by atoms with van der Waals surface area (Å²) < 4.78 is 38.1. The lowest BCUT2D eigenvalue weighted by molar-refractivity contribution is -0.0941. The Morgan fingerprint density at radius 1 is 1.34 bits per heavy atom. The van der Waals surface area contributed by atoms with E-state index in [-0.39, 0.29) is 19.3 Å². The molecule has 172 valence electrons. The molecule has 0 bridgehead atoms. The summed E-state index contributed by atoms with van der Waals surface area (Å²) in [6.45, 7) is 5.79. The molecule has 4 rings (SSSR count). The molecular weight excluding hydrogens is 435 g/mol. The average Bonchev–Trinajstić information content (AvgIpc) is 3.40. The van der Waals surface area contributed by atoms with Crippen molar-refractivity contribution in [1.82, 2.24) is 24.6 Å². The summed E-state index contributed by atoms with van der Waals surface area (Å²) >= 11 is 0. The maximum absolute atomic E-state index is 13.4. The molecule has 12 heteroatoms. The van der Waals surface area contributed by atoms with Crippen LogP contribution in [-0.4, -0.2) is 45.1 Å². The highest BCUT2D eigenvalue weighted by Gasteiger charge is 2.34. The molecule has 1 saturated heterocycles. The summed E-state index contributed by atoms with van der Waals surface area (Å²) in [6, 6.07) is 8.79. The average molecular weight is 462 g/mol. The van der Waals surface area contributed by atoms with E-state index in [0.717, 1.165) is 6.42 Å². The zero-order valence-electron chi connectivity index (χ0n) is 18.2. The Morgan fingerprint density at radius 2 is 2.12 bits per heavy atom. The summed E-state index contributed by atoms with van der Waals surface area (Å²) in [6.07, 6.45) is 1.10. The van der Waals surface area contributed by atoms with Gasteiger partial charge in [-0.25, -0.2) is 24.6 Å². The second-order valence-corrected chi connectivity index (χ2v) is 9.16. The first-order chi connectivity index (χ1) is 15.4. The maximum atomic E-state index is 13.4. The van der Waals surface area contributed by atoms with E-state index in [9.17, 15) is 4.57 Å². The van der Waals surface area contributed by atoms with Crippen LogP contribution in [0.1, 0.15) is 32.3 Å². The lowest BCUT2D eigenvalue weighted by Crippen LogP contribution is -2.28. The molecule has 0 aliphatic carbocycles. The number of aromatic nitrogens is 4. The molecule has 2 aromatic heterocycles. The van der Waals surface area contributed by atoms with Gasteiger partial charge in [0.25, 0.3) is 0 Å². The van der Waals surface area contributed by atoms with Crippen LogP contribution < -0.4 is 15.3 Å². The summed E-state index contributed by atoms with van der Waals surface area (Å²) in [5.41, 5.74) is 6.99. The number of benzene rings is 1. The van der Waals surface area contributed by atoms with Crippen LogP contribution in [-0.2, 0) is 18.6 Å². The lowest BCUT2D eigenvalue weighted by Gasteiger charge is -2.24. The molecule has 1 unspecified atom stereocenters. The molecule has 3 aromatic rings. The predicted octanol–water partition coefficient (Wildman–Crippen LogP) is 3.18. The summed E-state index contributed by atoms with van der Waals surface area (Å²) in [4.78, 5) is 12.8. The van der Waals surface area contributed by atoms with Gasteiger partial charge in [0, 0.05) is 6.04 Å². The van der Waals surface area contributed by atoms with Gasteiger partial charge in [0.15, 0.2) is 24.0 Å². The summed E-state index contributed by atoms with van der Waals surface area (Å²) in [7, 11) is -3.66. The summed E-state index contributed by atoms with van der Waals surface area (Å²) in [5, 5.41) is 2.94. The fourth-order valence-corrected chi connectivity index (χ4v) is 4.79. The third kappa shape index (κ3) is 5.08. The Kier molecular flexibility index (Phi) is 6.73. The predicted molar refractivity (Wildman–Crippen MR) is 118 cm³/mol. The Bertz CT molecular complexity index is 1110. The number of nitrogens with one attached hydrogen (secondary N) is 1. The largest absolute Gasteiger partial charge is 0.459 e. The van der Waals surface area contributed by atoms with Crippen LogP contribution in [0.5, 0.6) is 5.75 Å². The van der Waals surface area contributed by atoms with E-state index in [1.54, 1.807) is 42.1 Å². The molecule has 0 amide bonds. The molecule has 1 aliphatic rings. The first-order valence-corrected chi connectivity index (χ1v) is 11.9. The number of hydrogen-bond donors (Lipinski definition) is 2. The number of imidazole rings is 1. The number of aryl methyl sites for hydroxylation is 1. The highest BCUT2D eigenvalue weighted by molar-refractivity contribution is 7.52. The van der Waals surface area contributed by atoms with Crippen molar-refractivity contribution < 1.29 is 23.1 Å². The van der Waals surface area contributed by atoms with E-state index in [4.69, 9.17) is 24.3 Å². The van der Waals surface area contributed by atoms with E-state index >= 15 is 0 Å². The number of hydrogen-bond acceptors (Lipinski definition) is 9. The molecule has 1 fully saturated rings. The van der Waals surface area contributed by atoms with Crippen LogP contribution in [0, 0.1) is 6.92 Å². The second kappa shape index (κ2) is 9.51. The lowest BCUT2D eigenvalue weighted by atomic mass is 10.3. The number of anilines is 1. The van der Waals surface area contributed by atoms with Gasteiger partial charge in [-0.2, -0.15) is 0 Å². The fourth-order valence-electron chi connectivity index (χ4n) is 3.17. The Morgan fingerprint density at radius 3 is 2.88 bits per heavy atom. The molecule has 1 aliphatic heterocycles. The maximum Gasteiger partial charge on any atom is 0.459 e. The first-order valence-electron chi connectivity index (χ1n) is 10.4. The highest BCUT2D eigenvalue weighted by Crippen LogP contribution is 2.45. The van der Waals surface area contributed by atoms with E-state index in [1.807, 2.05) is 19.9 Å². The topological polar surface area (TPSA) is 136 Å². The second-order valence-electron chi connectivity index (χ2n) is 7.47. The van der Waals surface area contributed by atoms with Crippen LogP contribution in [0.3, 0.4) is 0 Å². The normalized spacial score (nSPS) is 21.5. The van der Waals surface area contributed by atoms with Crippen LogP contribution >= 0.6 is 7.75 Å². The number of fused-ring (bicyclic) bond motifs is 1. The Balaban J connectivity index is 1.43. The number of para-hydroxylation sites is 1. The van der Waals surface area contributed by atoms with Crippen molar-refractivity contribution in [2.45, 2.75) is 45.8 Å². The van der Waals surface area contributed by atoms with Gasteiger partial charge in [-0.3, -0.25) is 9.09 Å². The van der Waals surface area contributed by atoms with E-state index in [2.05, 4.69) is 20.0 Å². The Hall–Kier alpha value is -2.56. The zero-order valence-corrected chi connectivity index (χ0v) is 19.1. The van der Waals surface area contributed by atoms with Crippen molar-refractivity contribution >= 4 is 24.7 Å². The summed E-state index contributed by atoms with van der Waals surface area (Å²) in [5.74, 6) is 1.28. The SMILES string of the molecule is CC[C@H](C)NP(=O)(OC[C@@H]1OC[C@H](n2cnc3c(N)nc(C)nc32)O1)Oc1ccccc1. The van der Waals surface area contributed by atoms with Crippen molar-refractivity contribution in [1.29, 1.82) is 0 Å². The molecule has 0 saturated carbocycles. The molecule has 1 aromatic carbocycles. The quantitative estimate of drug-likeness (QED) is 0.456. The molecule has 11 nitrogen and oxygen atoms in total. The van der Waals surface area contributed by atoms with Gasteiger partial charge in [0.2, 0.25) is 0 Å². The molecule has 0 spiro atoms. The Labute approximate surface area is 185 Å². The van der Waals surface area contributed by atoms with Gasteiger partial charge in [-0.15, -0.1) is 0 Å². The fraction of sp³-hybridized carbons (Fsp3) is 0.450. The van der Waals surface area contributed by atoms with Gasteiger partial charge in [-0.05, 0) is 32.4 Å². The molecule has 3 heterocycles. The minimum Gasteiger partial charge on any atom is -0.413 e. The highest BCUT2D eigenvalue weighted by atomic mass is 31.2. The minimum atomic E-state index is -3.66. The number of nitrogens with zero attached hydrogens (tertiary/aromatic N) is 4. The van der Waals surface area contributed by atoms with Gasteiger partial charge < -0.3 is 19.7 Å². The number of rotatable bonds is 9. The number of ether oxygens (including phenoxy) is 2. The number of nitrogen functional groups attached to an aromatic ring is 1. The van der Waals surface area contributed by atoms with Gasteiger partial charge >= 0.3 is 7.75 Å². The third-order valence-electron chi connectivity index (χ3n) is 4.94. The van der Waals surface area contributed by atoms with E-state index in [1.165, 1.54) is 0 Å². The standard InChI is InChI=1S/C20H27N6O5P/c1-4-13(2)25-32(27,31-15-8-6-5-7-9-15)29-11-17-28-10-16(30-17)26-12-22-18-19(21)23-14(3)24-20(18)26/h5-9,12-13,16-17H,4,10-11H2,1-3H3,(H,25,27)(H2,21,23,24)/t13-,16+,17+,32?/m0/s1. The third-order valence-corrected chi connectivity index (χ3v) is 6.64. The zero-order chi connectivity index (χ0) is 22.7. The number of nitrogens with two attached hydrogens (primary N) is 1. The van der Waals surface area contributed by atoms with Crippen molar-refractivity contribution in [3.63, 3.8) is 0 Å². The van der Waals surface area contributed by atoms with Crippen LogP contribution in [0.25, 0.3) is 11.2 Å². The van der Waals surface area contributed by atoms with E-state index < -0.39 is 20.3 Å². The van der Waals surface area contributed by atoms with Crippen LogP contribution in [0.4, 0.5) is 5.82 Å². The monoisotopic (exact) mass is 462 g/mol. The van der Waals surface area contributed by atoms with Crippen molar-refractivity contribution in [2.24, 2.45) is 0 Å². The molecule has 0 radical (unpaired) electrons. The molecule has 32 heavy (non-hydrogen) atoms. The van der Waals surface area contributed by atoms with E-state index in [0.29, 0.717) is 28.6 Å². The minimum absolute atomic E-state index is 0.0756. The van der Waals surface area contributed by atoms with Crippen molar-refractivity contribution in [3.05, 3.63) is 42.5 Å². The molecular formula is C20H27N6O5P.